The van der Waals surface area contributed by atoms with Gasteiger partial charge in [-0.1, -0.05) is 18.2 Å². The highest BCUT2D eigenvalue weighted by atomic mass is 14.9. The van der Waals surface area contributed by atoms with E-state index in [4.69, 9.17) is 0 Å². The van der Waals surface area contributed by atoms with E-state index in [1.807, 2.05) is 0 Å². The fourth-order valence-electron chi connectivity index (χ4n) is 1.71. The van der Waals surface area contributed by atoms with E-state index in [0.29, 0.717) is 6.04 Å². The van der Waals surface area contributed by atoms with Crippen LogP contribution in [0.1, 0.15) is 19.3 Å². The van der Waals surface area contributed by atoms with Crippen molar-refractivity contribution < 1.29 is 0 Å². The second kappa shape index (κ2) is 2.59. The first kappa shape index (κ1) is 6.17. The Morgan fingerprint density at radius 1 is 1.50 bits per heavy atom. The molecule has 2 rings (SSSR count). The first-order chi connectivity index (χ1) is 4.97. The van der Waals surface area contributed by atoms with Crippen LogP contribution in [0.25, 0.3) is 0 Å². The zero-order chi connectivity index (χ0) is 6.81. The molecular weight excluding hydrogens is 122 g/mol. The smallest absolute Gasteiger partial charge is 0.0319 e. The Morgan fingerprint density at radius 3 is 3.40 bits per heavy atom. The molecule has 54 valence electrons. The predicted molar refractivity (Wildman–Crippen MR) is 42.9 cm³/mol. The van der Waals surface area contributed by atoms with Crippen molar-refractivity contribution in [3.63, 3.8) is 0 Å². The first-order valence-electron chi connectivity index (χ1n) is 4.07. The fourth-order valence-corrected chi connectivity index (χ4v) is 1.71. The molecule has 0 aromatic heterocycles. The summed E-state index contributed by atoms with van der Waals surface area (Å²) in [6.45, 7) is 1.06. The predicted octanol–water partition coefficient (Wildman–Crippen LogP) is 1.62. The normalized spacial score (nSPS) is 31.2. The molecule has 0 amide bonds. The molecule has 1 N–H and O–H groups in total. The third kappa shape index (κ3) is 1.01. The van der Waals surface area contributed by atoms with Crippen LogP contribution in [0.5, 0.6) is 0 Å². The highest BCUT2D eigenvalue weighted by Gasteiger charge is 2.16. The van der Waals surface area contributed by atoms with Crippen LogP contribution in [0.15, 0.2) is 23.8 Å². The van der Waals surface area contributed by atoms with Crippen LogP contribution in [0.3, 0.4) is 0 Å². The second-order valence-corrected chi connectivity index (χ2v) is 3.00. The number of allylic oxidation sites excluding steroid dienone is 1. The maximum atomic E-state index is 3.47. The van der Waals surface area contributed by atoms with Gasteiger partial charge in [-0.3, -0.25) is 0 Å². The monoisotopic (exact) mass is 135 g/mol. The van der Waals surface area contributed by atoms with Crippen LogP contribution >= 0.6 is 0 Å². The van der Waals surface area contributed by atoms with Crippen molar-refractivity contribution in [3.05, 3.63) is 23.8 Å². The summed E-state index contributed by atoms with van der Waals surface area (Å²) < 4.78 is 0. The maximum Gasteiger partial charge on any atom is 0.0319 e. The van der Waals surface area contributed by atoms with E-state index >= 15 is 0 Å². The maximum absolute atomic E-state index is 3.47. The van der Waals surface area contributed by atoms with Crippen LogP contribution in [0, 0.1) is 0 Å². The number of nitrogens with one attached hydrogen (secondary N) is 1. The summed E-state index contributed by atoms with van der Waals surface area (Å²) in [6, 6.07) is 0.679. The van der Waals surface area contributed by atoms with Gasteiger partial charge in [0.15, 0.2) is 0 Å². The summed E-state index contributed by atoms with van der Waals surface area (Å²) in [4.78, 5) is 0. The van der Waals surface area contributed by atoms with Crippen molar-refractivity contribution in [2.75, 3.05) is 6.54 Å². The summed E-state index contributed by atoms with van der Waals surface area (Å²) >= 11 is 0. The van der Waals surface area contributed by atoms with Crippen molar-refractivity contribution in [2.24, 2.45) is 0 Å². The molecule has 0 saturated carbocycles. The highest BCUT2D eigenvalue weighted by Crippen LogP contribution is 2.20. The molecule has 1 aliphatic heterocycles. The largest absolute Gasteiger partial charge is 0.306 e. The number of hydrogen-bond donors (Lipinski definition) is 1. The molecule has 1 nitrogen and oxygen atoms in total. The SMILES string of the molecule is C1=CC2=CCCCC2NC1. The number of hydrogen-bond acceptors (Lipinski definition) is 1. The van der Waals surface area contributed by atoms with Crippen LogP contribution in [-0.4, -0.2) is 12.6 Å². The summed E-state index contributed by atoms with van der Waals surface area (Å²) in [5, 5.41) is 3.47. The third-order valence-corrected chi connectivity index (χ3v) is 2.27. The first-order valence-corrected chi connectivity index (χ1v) is 4.07. The molecule has 0 saturated heterocycles. The molecule has 1 unspecified atom stereocenters. The van der Waals surface area contributed by atoms with Gasteiger partial charge in [-0.25, -0.2) is 0 Å². The van der Waals surface area contributed by atoms with Crippen LogP contribution in [0.4, 0.5) is 0 Å². The molecule has 0 radical (unpaired) electrons. The molecule has 0 fully saturated rings. The van der Waals surface area contributed by atoms with Gasteiger partial charge in [0.05, 0.1) is 0 Å². The minimum atomic E-state index is 0.679. The van der Waals surface area contributed by atoms with E-state index in [1.165, 1.54) is 24.8 Å². The van der Waals surface area contributed by atoms with Gasteiger partial charge in [-0.05, 0) is 24.8 Å². The average Bonchev–Trinajstić information content (AvgIpc) is 2.05. The molecule has 1 heteroatoms. The molecule has 0 aromatic carbocycles. The van der Waals surface area contributed by atoms with Gasteiger partial charge in [0, 0.05) is 12.6 Å². The average molecular weight is 135 g/mol. The minimum absolute atomic E-state index is 0.679. The fraction of sp³-hybridized carbons (Fsp3) is 0.556. The lowest BCUT2D eigenvalue weighted by Gasteiger charge is -2.25. The van der Waals surface area contributed by atoms with Gasteiger partial charge in [0.25, 0.3) is 0 Å². The third-order valence-electron chi connectivity index (χ3n) is 2.27. The molecule has 1 atom stereocenters. The molecule has 0 bridgehead atoms. The molecule has 1 heterocycles. The van der Waals surface area contributed by atoms with Gasteiger partial charge in [0.2, 0.25) is 0 Å². The van der Waals surface area contributed by atoms with E-state index in [9.17, 15) is 0 Å². The Morgan fingerprint density at radius 2 is 2.50 bits per heavy atom. The Bertz CT molecular complexity index is 179. The van der Waals surface area contributed by atoms with E-state index in [1.54, 1.807) is 0 Å². The molecule has 1 aliphatic carbocycles. The zero-order valence-corrected chi connectivity index (χ0v) is 6.14. The molecule has 0 spiro atoms. The summed E-state index contributed by atoms with van der Waals surface area (Å²) in [7, 11) is 0. The van der Waals surface area contributed by atoms with Crippen LogP contribution < -0.4 is 5.32 Å². The van der Waals surface area contributed by atoms with Gasteiger partial charge < -0.3 is 5.32 Å². The Balaban J connectivity index is 2.21. The molecule has 10 heavy (non-hydrogen) atoms. The van der Waals surface area contributed by atoms with E-state index < -0.39 is 0 Å². The highest BCUT2D eigenvalue weighted by molar-refractivity contribution is 5.29. The van der Waals surface area contributed by atoms with E-state index in [-0.39, 0.29) is 0 Å². The molecular formula is C9H13N. The Hall–Kier alpha value is -0.560. The van der Waals surface area contributed by atoms with Gasteiger partial charge >= 0.3 is 0 Å². The van der Waals surface area contributed by atoms with E-state index in [2.05, 4.69) is 23.5 Å². The number of fused-ring (bicyclic) bond motifs is 1. The van der Waals surface area contributed by atoms with Gasteiger partial charge in [-0.15, -0.1) is 0 Å². The zero-order valence-electron chi connectivity index (χ0n) is 6.14. The lowest BCUT2D eigenvalue weighted by atomic mass is 9.92. The van der Waals surface area contributed by atoms with Crippen LogP contribution in [0.2, 0.25) is 0 Å². The minimum Gasteiger partial charge on any atom is -0.306 e. The molecule has 2 aliphatic rings. The van der Waals surface area contributed by atoms with Crippen LogP contribution in [-0.2, 0) is 0 Å². The Labute approximate surface area is 61.8 Å². The lowest BCUT2D eigenvalue weighted by Crippen LogP contribution is -2.34. The summed E-state index contributed by atoms with van der Waals surface area (Å²) in [6.07, 6.45) is 10.8. The summed E-state index contributed by atoms with van der Waals surface area (Å²) in [5.74, 6) is 0. The van der Waals surface area contributed by atoms with Crippen molar-refractivity contribution >= 4 is 0 Å². The van der Waals surface area contributed by atoms with Crippen molar-refractivity contribution in [1.82, 2.24) is 5.32 Å². The van der Waals surface area contributed by atoms with E-state index in [0.717, 1.165) is 6.54 Å². The van der Waals surface area contributed by atoms with Crippen molar-refractivity contribution in [2.45, 2.75) is 25.3 Å². The lowest BCUT2D eigenvalue weighted by molar-refractivity contribution is 0.521. The quantitative estimate of drug-likeness (QED) is 0.532. The topological polar surface area (TPSA) is 12.0 Å². The number of rotatable bonds is 0. The van der Waals surface area contributed by atoms with Gasteiger partial charge in [0.1, 0.15) is 0 Å². The molecule has 0 aromatic rings. The Kier molecular flexibility index (Phi) is 1.60. The standard InChI is InChI=1S/C9H13N/c1-2-6-9-8(4-1)5-3-7-10-9/h3-5,9-10H,1-2,6-7H2. The van der Waals surface area contributed by atoms with Gasteiger partial charge in [-0.2, -0.15) is 0 Å². The van der Waals surface area contributed by atoms with Crippen molar-refractivity contribution in [3.8, 4) is 0 Å². The summed E-state index contributed by atoms with van der Waals surface area (Å²) in [5.41, 5.74) is 1.51. The van der Waals surface area contributed by atoms with Crippen molar-refractivity contribution in [1.29, 1.82) is 0 Å². The second-order valence-electron chi connectivity index (χ2n) is 3.00.